The van der Waals surface area contributed by atoms with Gasteiger partial charge in [-0.3, -0.25) is 9.59 Å². The third kappa shape index (κ3) is 5.18. The summed E-state index contributed by atoms with van der Waals surface area (Å²) in [5, 5.41) is 8.66. The van der Waals surface area contributed by atoms with Crippen LogP contribution in [0, 0.1) is 19.3 Å². The Hall–Kier alpha value is -2.72. The van der Waals surface area contributed by atoms with Crippen molar-refractivity contribution >= 4 is 35.1 Å². The Morgan fingerprint density at radius 1 is 1.38 bits per heavy atom. The molecule has 1 heterocycles. The Kier molecular flexibility index (Phi) is 6.04. The maximum absolute atomic E-state index is 12.0. The number of anilines is 2. The van der Waals surface area contributed by atoms with Crippen LogP contribution in [-0.4, -0.2) is 28.0 Å². The number of rotatable bonds is 6. The number of thioether (sulfide) groups is 1. The van der Waals surface area contributed by atoms with E-state index in [-0.39, 0.29) is 17.6 Å². The van der Waals surface area contributed by atoms with Gasteiger partial charge in [-0.05, 0) is 32.0 Å². The number of carbonyl (C=O) groups is 2. The minimum absolute atomic E-state index is 0.146. The van der Waals surface area contributed by atoms with Crippen LogP contribution in [-0.2, 0) is 9.59 Å². The number of carbonyl (C=O) groups excluding carboxylic acids is 2. The summed E-state index contributed by atoms with van der Waals surface area (Å²) in [4.78, 5) is 24.0. The smallest absolute Gasteiger partial charge is 0.238 e. The first-order valence-electron chi connectivity index (χ1n) is 7.20. The van der Waals surface area contributed by atoms with Crippen molar-refractivity contribution in [3.05, 3.63) is 41.7 Å². The van der Waals surface area contributed by atoms with Crippen LogP contribution in [0.4, 0.5) is 11.5 Å². The van der Waals surface area contributed by atoms with Crippen molar-refractivity contribution in [1.82, 2.24) is 5.16 Å². The molecule has 1 unspecified atom stereocenters. The number of benzene rings is 1. The molecule has 0 saturated heterocycles. The number of amides is 2. The number of aryl methyl sites for hydroxylation is 1. The van der Waals surface area contributed by atoms with Crippen LogP contribution < -0.4 is 10.6 Å². The molecule has 2 aromatic rings. The van der Waals surface area contributed by atoms with Gasteiger partial charge in [-0.2, -0.15) is 0 Å². The first-order valence-corrected chi connectivity index (χ1v) is 8.25. The van der Waals surface area contributed by atoms with E-state index in [0.29, 0.717) is 22.8 Å². The Morgan fingerprint density at radius 3 is 2.83 bits per heavy atom. The molecule has 6 nitrogen and oxygen atoms in total. The maximum Gasteiger partial charge on any atom is 0.238 e. The van der Waals surface area contributed by atoms with Crippen molar-refractivity contribution < 1.29 is 14.1 Å². The van der Waals surface area contributed by atoms with E-state index in [0.717, 1.165) is 0 Å². The Labute approximate surface area is 144 Å². The zero-order valence-corrected chi connectivity index (χ0v) is 14.1. The van der Waals surface area contributed by atoms with Crippen molar-refractivity contribution in [3.63, 3.8) is 0 Å². The highest BCUT2D eigenvalue weighted by Crippen LogP contribution is 2.15. The molecule has 7 heteroatoms. The Balaban J connectivity index is 1.80. The fourth-order valence-electron chi connectivity index (χ4n) is 1.81. The van der Waals surface area contributed by atoms with Crippen LogP contribution in [0.25, 0.3) is 0 Å². The number of hydrogen-bond acceptors (Lipinski definition) is 5. The lowest BCUT2D eigenvalue weighted by atomic mass is 10.2. The van der Waals surface area contributed by atoms with Gasteiger partial charge in [0.05, 0.1) is 11.0 Å². The lowest BCUT2D eigenvalue weighted by molar-refractivity contribution is -0.115. The molecule has 0 aliphatic carbocycles. The van der Waals surface area contributed by atoms with Crippen LogP contribution in [0.3, 0.4) is 0 Å². The van der Waals surface area contributed by atoms with Gasteiger partial charge in [-0.1, -0.05) is 17.1 Å². The third-order valence-corrected chi connectivity index (χ3v) is 4.17. The van der Waals surface area contributed by atoms with Crippen molar-refractivity contribution in [2.75, 3.05) is 16.4 Å². The van der Waals surface area contributed by atoms with Gasteiger partial charge in [0.25, 0.3) is 0 Å². The van der Waals surface area contributed by atoms with E-state index in [1.165, 1.54) is 11.8 Å². The quantitative estimate of drug-likeness (QED) is 0.788. The molecule has 0 aliphatic heterocycles. The van der Waals surface area contributed by atoms with Crippen LogP contribution >= 0.6 is 11.8 Å². The summed E-state index contributed by atoms with van der Waals surface area (Å²) < 4.78 is 4.88. The molecule has 2 amide bonds. The van der Waals surface area contributed by atoms with Crippen molar-refractivity contribution in [1.29, 1.82) is 0 Å². The predicted octanol–water partition coefficient (Wildman–Crippen LogP) is 2.66. The topological polar surface area (TPSA) is 84.2 Å². The van der Waals surface area contributed by atoms with Gasteiger partial charge in [-0.15, -0.1) is 18.2 Å². The van der Waals surface area contributed by atoms with Gasteiger partial charge in [-0.25, -0.2) is 0 Å². The number of aromatic nitrogens is 1. The molecule has 1 aromatic heterocycles. The fourth-order valence-corrected chi connectivity index (χ4v) is 2.50. The van der Waals surface area contributed by atoms with Crippen LogP contribution in [0.2, 0.25) is 0 Å². The molecule has 0 saturated carbocycles. The normalized spacial score (nSPS) is 11.4. The van der Waals surface area contributed by atoms with Gasteiger partial charge in [0.1, 0.15) is 5.76 Å². The van der Waals surface area contributed by atoms with Crippen LogP contribution in [0.5, 0.6) is 0 Å². The van der Waals surface area contributed by atoms with Gasteiger partial charge in [0.2, 0.25) is 11.8 Å². The molecular weight excluding hydrogens is 326 g/mol. The maximum atomic E-state index is 12.0. The number of hydrogen-bond donors (Lipinski definition) is 2. The minimum Gasteiger partial charge on any atom is -0.360 e. The standard InChI is InChI=1S/C17H17N3O3S/c1-4-13-6-5-7-14(9-13)18-16(21)10-24-12(3)17(22)19-15-8-11(2)23-20-15/h1,5-9,12H,10H2,2-3H3,(H,18,21)(H,19,20,22). The summed E-state index contributed by atoms with van der Waals surface area (Å²) in [6.07, 6.45) is 5.32. The molecule has 0 fully saturated rings. The van der Waals surface area contributed by atoms with Crippen molar-refractivity contribution in [2.24, 2.45) is 0 Å². The summed E-state index contributed by atoms with van der Waals surface area (Å²) in [6, 6.07) is 8.65. The first kappa shape index (κ1) is 17.6. The zero-order chi connectivity index (χ0) is 17.5. The van der Waals surface area contributed by atoms with E-state index in [2.05, 4.69) is 21.7 Å². The largest absolute Gasteiger partial charge is 0.360 e. The van der Waals surface area contributed by atoms with E-state index in [1.807, 2.05) is 0 Å². The minimum atomic E-state index is -0.412. The Morgan fingerprint density at radius 2 is 2.17 bits per heavy atom. The predicted molar refractivity (Wildman–Crippen MR) is 94.8 cm³/mol. The molecule has 2 N–H and O–H groups in total. The van der Waals surface area contributed by atoms with Crippen LogP contribution in [0.15, 0.2) is 34.9 Å². The van der Waals surface area contributed by atoms with E-state index >= 15 is 0 Å². The van der Waals surface area contributed by atoms with E-state index in [1.54, 1.807) is 44.2 Å². The molecule has 0 radical (unpaired) electrons. The summed E-state index contributed by atoms with van der Waals surface area (Å²) in [5.74, 6) is 3.18. The van der Waals surface area contributed by atoms with E-state index in [4.69, 9.17) is 10.9 Å². The number of terminal acetylenes is 1. The van der Waals surface area contributed by atoms with Gasteiger partial charge in [0, 0.05) is 17.3 Å². The molecule has 1 atom stereocenters. The molecule has 2 rings (SSSR count). The average Bonchev–Trinajstić information content (AvgIpc) is 2.97. The summed E-state index contributed by atoms with van der Waals surface area (Å²) >= 11 is 1.23. The molecule has 0 bridgehead atoms. The summed E-state index contributed by atoms with van der Waals surface area (Å²) in [6.45, 7) is 3.46. The van der Waals surface area contributed by atoms with Crippen molar-refractivity contribution in [2.45, 2.75) is 19.1 Å². The summed E-state index contributed by atoms with van der Waals surface area (Å²) in [7, 11) is 0. The first-order chi connectivity index (χ1) is 11.5. The molecule has 24 heavy (non-hydrogen) atoms. The second-order valence-electron chi connectivity index (χ2n) is 5.04. The second-order valence-corrected chi connectivity index (χ2v) is 6.37. The SMILES string of the molecule is C#Cc1cccc(NC(=O)CSC(C)C(=O)Nc2cc(C)on2)c1. The molecule has 1 aromatic carbocycles. The second kappa shape index (κ2) is 8.22. The van der Waals surface area contributed by atoms with Crippen LogP contribution in [0.1, 0.15) is 18.2 Å². The molecule has 124 valence electrons. The highest BCUT2D eigenvalue weighted by Gasteiger charge is 2.16. The third-order valence-electron chi connectivity index (χ3n) is 3.03. The highest BCUT2D eigenvalue weighted by atomic mass is 32.2. The molecule has 0 aliphatic rings. The van der Waals surface area contributed by atoms with E-state index < -0.39 is 5.25 Å². The summed E-state index contributed by atoms with van der Waals surface area (Å²) in [5.41, 5.74) is 1.32. The number of nitrogens with zero attached hydrogens (tertiary/aromatic N) is 1. The highest BCUT2D eigenvalue weighted by molar-refractivity contribution is 8.01. The fraction of sp³-hybridized carbons (Fsp3) is 0.235. The molecular formula is C17H17N3O3S. The lowest BCUT2D eigenvalue weighted by Crippen LogP contribution is -2.25. The lowest BCUT2D eigenvalue weighted by Gasteiger charge is -2.10. The monoisotopic (exact) mass is 343 g/mol. The van der Waals surface area contributed by atoms with Gasteiger partial charge in [0.15, 0.2) is 5.82 Å². The van der Waals surface area contributed by atoms with Gasteiger partial charge < -0.3 is 15.2 Å². The number of nitrogens with one attached hydrogen (secondary N) is 2. The molecule has 0 spiro atoms. The van der Waals surface area contributed by atoms with E-state index in [9.17, 15) is 9.59 Å². The van der Waals surface area contributed by atoms with Crippen molar-refractivity contribution in [3.8, 4) is 12.3 Å². The Bertz CT molecular complexity index is 779. The van der Waals surface area contributed by atoms with Gasteiger partial charge >= 0.3 is 0 Å². The average molecular weight is 343 g/mol. The zero-order valence-electron chi connectivity index (χ0n) is 13.3.